The van der Waals surface area contributed by atoms with E-state index in [-0.39, 0.29) is 18.8 Å². The van der Waals surface area contributed by atoms with Crippen LogP contribution in [0, 0.1) is 11.7 Å². The van der Waals surface area contributed by atoms with Crippen LogP contribution < -0.4 is 0 Å². The maximum atomic E-state index is 13.7. The SMILES string of the molecule is CCCN(C(=O)c1ccncc1F)C1COCC1C(=O)O. The smallest absolute Gasteiger partial charge is 0.311 e. The third-order valence-corrected chi connectivity index (χ3v) is 3.50. The fourth-order valence-electron chi connectivity index (χ4n) is 2.45. The molecule has 0 bridgehead atoms. The second-order valence-electron chi connectivity index (χ2n) is 4.90. The average molecular weight is 296 g/mol. The fraction of sp³-hybridized carbons (Fsp3) is 0.500. The second kappa shape index (κ2) is 6.62. The van der Waals surface area contributed by atoms with Gasteiger partial charge in [-0.05, 0) is 12.5 Å². The first-order valence-corrected chi connectivity index (χ1v) is 6.77. The molecule has 1 aromatic heterocycles. The van der Waals surface area contributed by atoms with Gasteiger partial charge in [0.1, 0.15) is 5.92 Å². The summed E-state index contributed by atoms with van der Waals surface area (Å²) in [5.41, 5.74) is -0.102. The quantitative estimate of drug-likeness (QED) is 0.882. The van der Waals surface area contributed by atoms with E-state index in [1.54, 1.807) is 0 Å². The van der Waals surface area contributed by atoms with Gasteiger partial charge in [0.05, 0.1) is 31.0 Å². The summed E-state index contributed by atoms with van der Waals surface area (Å²) in [4.78, 5) is 28.8. The van der Waals surface area contributed by atoms with E-state index in [0.717, 1.165) is 6.20 Å². The monoisotopic (exact) mass is 296 g/mol. The first kappa shape index (κ1) is 15.4. The van der Waals surface area contributed by atoms with Gasteiger partial charge in [-0.2, -0.15) is 0 Å². The molecule has 1 aliphatic rings. The molecule has 0 radical (unpaired) electrons. The molecule has 1 amide bonds. The topological polar surface area (TPSA) is 79.7 Å². The molecule has 1 aromatic rings. The first-order valence-electron chi connectivity index (χ1n) is 6.77. The van der Waals surface area contributed by atoms with Gasteiger partial charge >= 0.3 is 5.97 Å². The van der Waals surface area contributed by atoms with E-state index in [0.29, 0.717) is 13.0 Å². The van der Waals surface area contributed by atoms with E-state index in [2.05, 4.69) is 4.98 Å². The number of carboxylic acids is 1. The number of aromatic nitrogens is 1. The van der Waals surface area contributed by atoms with Gasteiger partial charge in [-0.3, -0.25) is 14.6 Å². The molecule has 1 aliphatic heterocycles. The number of nitrogens with zero attached hydrogens (tertiary/aromatic N) is 2. The molecule has 21 heavy (non-hydrogen) atoms. The van der Waals surface area contributed by atoms with Crippen molar-refractivity contribution in [3.63, 3.8) is 0 Å². The van der Waals surface area contributed by atoms with Gasteiger partial charge in [0.2, 0.25) is 0 Å². The number of hydrogen-bond acceptors (Lipinski definition) is 4. The van der Waals surface area contributed by atoms with Crippen molar-refractivity contribution in [2.45, 2.75) is 19.4 Å². The highest BCUT2D eigenvalue weighted by atomic mass is 19.1. The Morgan fingerprint density at radius 2 is 2.29 bits per heavy atom. The van der Waals surface area contributed by atoms with Crippen LogP contribution in [0.2, 0.25) is 0 Å². The molecule has 0 aromatic carbocycles. The van der Waals surface area contributed by atoms with Gasteiger partial charge in [0, 0.05) is 12.7 Å². The minimum Gasteiger partial charge on any atom is -0.481 e. The van der Waals surface area contributed by atoms with Crippen LogP contribution in [-0.4, -0.2) is 52.7 Å². The van der Waals surface area contributed by atoms with E-state index in [1.165, 1.54) is 17.2 Å². The van der Waals surface area contributed by atoms with Crippen LogP contribution in [-0.2, 0) is 9.53 Å². The summed E-state index contributed by atoms with van der Waals surface area (Å²) in [6.45, 7) is 2.43. The van der Waals surface area contributed by atoms with E-state index < -0.39 is 29.7 Å². The molecule has 2 heterocycles. The zero-order valence-corrected chi connectivity index (χ0v) is 11.7. The fourth-order valence-corrected chi connectivity index (χ4v) is 2.45. The van der Waals surface area contributed by atoms with Crippen LogP contribution in [0.15, 0.2) is 18.5 Å². The Morgan fingerprint density at radius 1 is 1.52 bits per heavy atom. The number of amides is 1. The van der Waals surface area contributed by atoms with Gasteiger partial charge in [-0.15, -0.1) is 0 Å². The molecule has 6 nitrogen and oxygen atoms in total. The molecule has 0 saturated carbocycles. The molecular formula is C14H17FN2O4. The number of carbonyl (C=O) groups is 2. The minimum atomic E-state index is -1.01. The largest absolute Gasteiger partial charge is 0.481 e. The van der Waals surface area contributed by atoms with Gasteiger partial charge in [-0.1, -0.05) is 6.92 Å². The number of hydrogen-bond donors (Lipinski definition) is 1. The number of halogens is 1. The van der Waals surface area contributed by atoms with Gasteiger partial charge in [0.25, 0.3) is 5.91 Å². The summed E-state index contributed by atoms with van der Waals surface area (Å²) in [5, 5.41) is 9.21. The predicted molar refractivity (Wildman–Crippen MR) is 71.3 cm³/mol. The molecule has 7 heteroatoms. The van der Waals surface area contributed by atoms with Gasteiger partial charge < -0.3 is 14.7 Å². The van der Waals surface area contributed by atoms with Crippen LogP contribution in [0.3, 0.4) is 0 Å². The molecule has 2 rings (SSSR count). The van der Waals surface area contributed by atoms with E-state index in [4.69, 9.17) is 4.74 Å². The van der Waals surface area contributed by atoms with Crippen molar-refractivity contribution in [3.8, 4) is 0 Å². The summed E-state index contributed by atoms with van der Waals surface area (Å²) >= 11 is 0. The normalized spacial score (nSPS) is 21.2. The molecule has 114 valence electrons. The third-order valence-electron chi connectivity index (χ3n) is 3.50. The lowest BCUT2D eigenvalue weighted by Crippen LogP contribution is -2.47. The predicted octanol–water partition coefficient (Wildman–Crippen LogP) is 1.17. The van der Waals surface area contributed by atoms with Crippen LogP contribution in [0.1, 0.15) is 23.7 Å². The Bertz CT molecular complexity index is 537. The highest BCUT2D eigenvalue weighted by Gasteiger charge is 2.40. The lowest BCUT2D eigenvalue weighted by atomic mass is 10.0. The van der Waals surface area contributed by atoms with Crippen molar-refractivity contribution in [2.75, 3.05) is 19.8 Å². The zero-order chi connectivity index (χ0) is 15.4. The number of rotatable bonds is 5. The number of carbonyl (C=O) groups excluding carboxylic acids is 1. The van der Waals surface area contributed by atoms with E-state index >= 15 is 0 Å². The van der Waals surface area contributed by atoms with Crippen molar-refractivity contribution in [1.29, 1.82) is 0 Å². The average Bonchev–Trinajstić information content (AvgIpc) is 2.94. The maximum Gasteiger partial charge on any atom is 0.311 e. The summed E-state index contributed by atoms with van der Waals surface area (Å²) < 4.78 is 18.9. The molecule has 2 unspecified atom stereocenters. The summed E-state index contributed by atoms with van der Waals surface area (Å²) in [6.07, 6.45) is 2.94. The van der Waals surface area contributed by atoms with Crippen molar-refractivity contribution in [2.24, 2.45) is 5.92 Å². The summed E-state index contributed by atoms with van der Waals surface area (Å²) in [6, 6.07) is 0.717. The lowest BCUT2D eigenvalue weighted by Gasteiger charge is -2.30. The van der Waals surface area contributed by atoms with Crippen LogP contribution in [0.4, 0.5) is 4.39 Å². The highest BCUT2D eigenvalue weighted by Crippen LogP contribution is 2.23. The van der Waals surface area contributed by atoms with Crippen molar-refractivity contribution < 1.29 is 23.8 Å². The number of aliphatic carboxylic acids is 1. The molecule has 0 aliphatic carbocycles. The van der Waals surface area contributed by atoms with Crippen LogP contribution >= 0.6 is 0 Å². The molecule has 0 spiro atoms. The Balaban J connectivity index is 2.28. The number of carboxylic acid groups (broad SMARTS) is 1. The molecule has 1 saturated heterocycles. The first-order chi connectivity index (χ1) is 10.1. The molecule has 1 fully saturated rings. The van der Waals surface area contributed by atoms with Gasteiger partial charge in [-0.25, -0.2) is 4.39 Å². The maximum absolute atomic E-state index is 13.7. The lowest BCUT2D eigenvalue weighted by molar-refractivity contribution is -0.142. The summed E-state index contributed by atoms with van der Waals surface area (Å²) in [5.74, 6) is -3.04. The zero-order valence-electron chi connectivity index (χ0n) is 11.7. The molecular weight excluding hydrogens is 279 g/mol. The van der Waals surface area contributed by atoms with Gasteiger partial charge in [0.15, 0.2) is 5.82 Å². The van der Waals surface area contributed by atoms with E-state index in [9.17, 15) is 19.1 Å². The Morgan fingerprint density at radius 3 is 2.90 bits per heavy atom. The molecule has 2 atom stereocenters. The minimum absolute atomic E-state index is 0.0618. The van der Waals surface area contributed by atoms with Crippen molar-refractivity contribution in [1.82, 2.24) is 9.88 Å². The van der Waals surface area contributed by atoms with Crippen LogP contribution in [0.5, 0.6) is 0 Å². The van der Waals surface area contributed by atoms with Crippen molar-refractivity contribution in [3.05, 3.63) is 29.8 Å². The van der Waals surface area contributed by atoms with Crippen LogP contribution in [0.25, 0.3) is 0 Å². The Hall–Kier alpha value is -2.02. The van der Waals surface area contributed by atoms with Crippen molar-refractivity contribution >= 4 is 11.9 Å². The highest BCUT2D eigenvalue weighted by molar-refractivity contribution is 5.95. The standard InChI is InChI=1S/C14H17FN2O4/c1-2-5-17(12-8-21-7-10(12)14(19)20)13(18)9-3-4-16-6-11(9)15/h3-4,6,10,12H,2,5,7-8H2,1H3,(H,19,20). The Kier molecular flexibility index (Phi) is 4.85. The second-order valence-corrected chi connectivity index (χ2v) is 4.90. The van der Waals surface area contributed by atoms with E-state index in [1.807, 2.05) is 6.92 Å². The Labute approximate surface area is 121 Å². The summed E-state index contributed by atoms with van der Waals surface area (Å²) in [7, 11) is 0. The number of ether oxygens (including phenoxy) is 1. The molecule has 1 N–H and O–H groups in total. The number of pyridine rings is 1. The third kappa shape index (κ3) is 3.18.